The van der Waals surface area contributed by atoms with E-state index >= 15 is 0 Å². The van der Waals surface area contributed by atoms with Crippen LogP contribution in [0.2, 0.25) is 0 Å². The van der Waals surface area contributed by atoms with Crippen molar-refractivity contribution in [2.45, 2.75) is 6.92 Å². The minimum Gasteiger partial charge on any atom is -0.481 e. The first kappa shape index (κ1) is 20.5. The average Bonchev–Trinajstić information content (AvgIpc) is 3.15. The lowest BCUT2D eigenvalue weighted by Gasteiger charge is -2.08. The molecule has 1 N–H and O–H groups in total. The van der Waals surface area contributed by atoms with Crippen LogP contribution in [0.3, 0.4) is 0 Å². The van der Waals surface area contributed by atoms with Crippen LogP contribution >= 0.6 is 0 Å². The fraction of sp³-hybridized carbons (Fsp3) is 0.0345. The number of hydrogen-bond donors (Lipinski definition) is 1. The van der Waals surface area contributed by atoms with Gasteiger partial charge in [0.05, 0.1) is 17.2 Å². The third-order valence-electron chi connectivity index (χ3n) is 5.67. The number of carboxylic acid groups (broad SMARTS) is 1. The molecule has 0 amide bonds. The lowest BCUT2D eigenvalue weighted by molar-refractivity contribution is -0.134. The standard InChI is InChI=1S/C27H18N2.C2H4O2/c1-3-11-21-19(9-1)17-20-10-2-4-12-22(20)25(21)18-28-29-26-15-7-5-13-23(26)24-14-6-8-16-27(24)29;1-2(3)4/h1-18H;1H3,(H,3,4). The van der Waals surface area contributed by atoms with Crippen molar-refractivity contribution < 1.29 is 9.90 Å². The fourth-order valence-corrected chi connectivity index (χ4v) is 4.33. The van der Waals surface area contributed by atoms with E-state index in [4.69, 9.17) is 15.0 Å². The van der Waals surface area contributed by atoms with Crippen LogP contribution in [0, 0.1) is 0 Å². The van der Waals surface area contributed by atoms with E-state index in [1.165, 1.54) is 32.3 Å². The van der Waals surface area contributed by atoms with Crippen molar-refractivity contribution in [3.63, 3.8) is 0 Å². The number of rotatable bonds is 2. The van der Waals surface area contributed by atoms with E-state index in [0.717, 1.165) is 23.5 Å². The summed E-state index contributed by atoms with van der Waals surface area (Å²) < 4.78 is 2.06. The molecule has 0 atom stereocenters. The van der Waals surface area contributed by atoms with Crippen LogP contribution in [-0.2, 0) is 4.79 Å². The van der Waals surface area contributed by atoms with Gasteiger partial charge in [-0.1, -0.05) is 84.9 Å². The van der Waals surface area contributed by atoms with Crippen LogP contribution in [0.15, 0.2) is 108 Å². The molecule has 6 rings (SSSR count). The molecular weight excluding hydrogens is 408 g/mol. The molecular formula is C29H22N2O2. The highest BCUT2D eigenvalue weighted by molar-refractivity contribution is 6.14. The first-order valence-corrected chi connectivity index (χ1v) is 10.8. The van der Waals surface area contributed by atoms with E-state index in [9.17, 15) is 0 Å². The van der Waals surface area contributed by atoms with Crippen molar-refractivity contribution in [2.75, 3.05) is 0 Å². The van der Waals surface area contributed by atoms with E-state index in [1.54, 1.807) is 0 Å². The normalized spacial score (nSPS) is 11.3. The zero-order valence-corrected chi connectivity index (χ0v) is 18.1. The third kappa shape index (κ3) is 3.83. The molecule has 4 nitrogen and oxygen atoms in total. The molecule has 0 spiro atoms. The highest BCUT2D eigenvalue weighted by Gasteiger charge is 2.10. The molecule has 33 heavy (non-hydrogen) atoms. The van der Waals surface area contributed by atoms with Crippen molar-refractivity contribution >= 4 is 55.5 Å². The predicted molar refractivity (Wildman–Crippen MR) is 137 cm³/mol. The van der Waals surface area contributed by atoms with Gasteiger partial charge in [0.2, 0.25) is 0 Å². The van der Waals surface area contributed by atoms with Crippen molar-refractivity contribution in [1.29, 1.82) is 0 Å². The van der Waals surface area contributed by atoms with Crippen LogP contribution in [0.1, 0.15) is 12.5 Å². The summed E-state index contributed by atoms with van der Waals surface area (Å²) in [7, 11) is 0. The van der Waals surface area contributed by atoms with Crippen LogP contribution in [0.4, 0.5) is 0 Å². The molecule has 0 radical (unpaired) electrons. The summed E-state index contributed by atoms with van der Waals surface area (Å²) in [6.07, 6.45) is 2.02. The summed E-state index contributed by atoms with van der Waals surface area (Å²) in [5.41, 5.74) is 3.39. The van der Waals surface area contributed by atoms with E-state index in [-0.39, 0.29) is 0 Å². The topological polar surface area (TPSA) is 54.6 Å². The van der Waals surface area contributed by atoms with Crippen LogP contribution in [-0.4, -0.2) is 22.0 Å². The number of hydrogen-bond acceptors (Lipinski definition) is 2. The van der Waals surface area contributed by atoms with Gasteiger partial charge in [-0.15, -0.1) is 0 Å². The van der Waals surface area contributed by atoms with Crippen molar-refractivity contribution in [3.05, 3.63) is 109 Å². The molecule has 160 valence electrons. The molecule has 0 saturated heterocycles. The van der Waals surface area contributed by atoms with Gasteiger partial charge in [-0.05, 0) is 39.7 Å². The molecule has 4 heteroatoms. The highest BCUT2D eigenvalue weighted by Crippen LogP contribution is 2.30. The van der Waals surface area contributed by atoms with Crippen LogP contribution in [0.25, 0.3) is 43.4 Å². The van der Waals surface area contributed by atoms with Gasteiger partial charge in [0.25, 0.3) is 5.97 Å². The zero-order chi connectivity index (χ0) is 22.8. The minimum atomic E-state index is -0.833. The molecule has 5 aromatic carbocycles. The molecule has 0 aliphatic rings. The van der Waals surface area contributed by atoms with E-state index in [0.29, 0.717) is 0 Å². The maximum Gasteiger partial charge on any atom is 0.300 e. The minimum absolute atomic E-state index is 0.833. The van der Waals surface area contributed by atoms with Gasteiger partial charge in [-0.3, -0.25) is 4.79 Å². The predicted octanol–water partition coefficient (Wildman–Crippen LogP) is 7.07. The van der Waals surface area contributed by atoms with Gasteiger partial charge in [0.1, 0.15) is 0 Å². The Morgan fingerprint density at radius 2 is 1.09 bits per heavy atom. The van der Waals surface area contributed by atoms with Crippen LogP contribution < -0.4 is 0 Å². The molecule has 0 aliphatic heterocycles. The maximum absolute atomic E-state index is 9.00. The van der Waals surface area contributed by atoms with Crippen molar-refractivity contribution in [1.82, 2.24) is 4.68 Å². The molecule has 0 unspecified atom stereocenters. The SMILES string of the molecule is C(=Nn1c2ccccc2c2ccccc21)c1c2ccccc2cc2ccccc12.CC(=O)O. The highest BCUT2D eigenvalue weighted by atomic mass is 16.4. The number of fused-ring (bicyclic) bond motifs is 5. The largest absolute Gasteiger partial charge is 0.481 e. The Bertz CT molecular complexity index is 1550. The van der Waals surface area contributed by atoms with Gasteiger partial charge in [-0.2, -0.15) is 5.10 Å². The summed E-state index contributed by atoms with van der Waals surface area (Å²) in [5, 5.41) is 19.8. The number of para-hydroxylation sites is 2. The number of benzene rings is 5. The number of carboxylic acids is 1. The summed E-state index contributed by atoms with van der Waals surface area (Å²) in [4.78, 5) is 9.00. The molecule has 1 heterocycles. The summed E-state index contributed by atoms with van der Waals surface area (Å²) >= 11 is 0. The van der Waals surface area contributed by atoms with Crippen LogP contribution in [0.5, 0.6) is 0 Å². The maximum atomic E-state index is 9.00. The Kier molecular flexibility index (Phi) is 5.33. The average molecular weight is 431 g/mol. The lowest BCUT2D eigenvalue weighted by Crippen LogP contribution is -1.93. The second-order valence-electron chi connectivity index (χ2n) is 7.84. The Morgan fingerprint density at radius 3 is 1.58 bits per heavy atom. The number of aromatic nitrogens is 1. The lowest BCUT2D eigenvalue weighted by atomic mass is 9.97. The van der Waals surface area contributed by atoms with E-state index in [2.05, 4.69) is 108 Å². The van der Waals surface area contributed by atoms with Crippen molar-refractivity contribution in [3.8, 4) is 0 Å². The number of aliphatic carboxylic acids is 1. The second-order valence-corrected chi connectivity index (χ2v) is 7.84. The second kappa shape index (κ2) is 8.60. The third-order valence-corrected chi connectivity index (χ3v) is 5.67. The van der Waals surface area contributed by atoms with Gasteiger partial charge in [-0.25, -0.2) is 4.68 Å². The Morgan fingerprint density at radius 1 is 0.697 bits per heavy atom. The Balaban J connectivity index is 0.000000531. The molecule has 1 aromatic heterocycles. The molecule has 0 fully saturated rings. The van der Waals surface area contributed by atoms with Gasteiger partial charge < -0.3 is 5.11 Å². The van der Waals surface area contributed by atoms with Gasteiger partial charge >= 0.3 is 0 Å². The number of carbonyl (C=O) groups is 1. The monoisotopic (exact) mass is 430 g/mol. The molecule has 6 aromatic rings. The first-order chi connectivity index (χ1) is 16.1. The van der Waals surface area contributed by atoms with Gasteiger partial charge in [0.15, 0.2) is 0 Å². The molecule has 0 saturated carbocycles. The smallest absolute Gasteiger partial charge is 0.300 e. The van der Waals surface area contributed by atoms with Crippen molar-refractivity contribution in [2.24, 2.45) is 5.10 Å². The Hall–Kier alpha value is -4.44. The quantitative estimate of drug-likeness (QED) is 0.236. The fourth-order valence-electron chi connectivity index (χ4n) is 4.33. The molecule has 0 aliphatic carbocycles. The first-order valence-electron chi connectivity index (χ1n) is 10.8. The number of nitrogens with zero attached hydrogens (tertiary/aromatic N) is 2. The summed E-state index contributed by atoms with van der Waals surface area (Å²) in [6, 6.07) is 36.2. The zero-order valence-electron chi connectivity index (χ0n) is 18.1. The van der Waals surface area contributed by atoms with E-state index < -0.39 is 5.97 Å². The summed E-state index contributed by atoms with van der Waals surface area (Å²) in [6.45, 7) is 1.08. The summed E-state index contributed by atoms with van der Waals surface area (Å²) in [5.74, 6) is -0.833. The Labute approximate surface area is 191 Å². The molecule has 0 bridgehead atoms. The van der Waals surface area contributed by atoms with Gasteiger partial charge in [0, 0.05) is 23.3 Å². The van der Waals surface area contributed by atoms with E-state index in [1.807, 2.05) is 6.21 Å².